The molecule has 3 rings (SSSR count). The first-order valence-electron chi connectivity index (χ1n) is 7.78. The van der Waals surface area contributed by atoms with Gasteiger partial charge < -0.3 is 10.1 Å². The van der Waals surface area contributed by atoms with E-state index in [9.17, 15) is 9.18 Å². The van der Waals surface area contributed by atoms with Gasteiger partial charge in [0.05, 0.1) is 18.8 Å². The van der Waals surface area contributed by atoms with Gasteiger partial charge in [-0.15, -0.1) is 0 Å². The van der Waals surface area contributed by atoms with Crippen LogP contribution in [0.25, 0.3) is 0 Å². The SMILES string of the molecule is CC1(CNC(=O)c2ccc(C#Cc3ccccc3F)cc2)COC1. The Bertz CT molecular complexity index is 798. The summed E-state index contributed by atoms with van der Waals surface area (Å²) in [5.74, 6) is 5.25. The van der Waals surface area contributed by atoms with E-state index in [1.807, 2.05) is 0 Å². The van der Waals surface area contributed by atoms with E-state index in [-0.39, 0.29) is 17.1 Å². The summed E-state index contributed by atoms with van der Waals surface area (Å²) in [7, 11) is 0. The molecule has 2 aromatic carbocycles. The van der Waals surface area contributed by atoms with Crippen LogP contribution in [0.4, 0.5) is 4.39 Å². The molecular weight excluding hydrogens is 305 g/mol. The fraction of sp³-hybridized carbons (Fsp3) is 0.250. The first-order chi connectivity index (χ1) is 11.6. The Morgan fingerprint density at radius 2 is 1.88 bits per heavy atom. The molecule has 0 radical (unpaired) electrons. The maximum absolute atomic E-state index is 13.5. The molecule has 2 aromatic rings. The lowest BCUT2D eigenvalue weighted by molar-refractivity contribution is -0.0978. The molecule has 0 aromatic heterocycles. The Labute approximate surface area is 140 Å². The van der Waals surface area contributed by atoms with Crippen molar-refractivity contribution in [3.8, 4) is 11.8 Å². The Hall–Kier alpha value is -2.64. The van der Waals surface area contributed by atoms with Crippen LogP contribution in [-0.2, 0) is 4.74 Å². The predicted molar refractivity (Wildman–Crippen MR) is 90.1 cm³/mol. The van der Waals surface area contributed by atoms with E-state index >= 15 is 0 Å². The summed E-state index contributed by atoms with van der Waals surface area (Å²) in [4.78, 5) is 12.1. The topological polar surface area (TPSA) is 38.3 Å². The third kappa shape index (κ3) is 3.81. The number of ether oxygens (including phenoxy) is 1. The smallest absolute Gasteiger partial charge is 0.251 e. The fourth-order valence-corrected chi connectivity index (χ4v) is 2.36. The Kier molecular flexibility index (Phi) is 4.64. The molecule has 122 valence electrons. The first kappa shape index (κ1) is 16.2. The van der Waals surface area contributed by atoms with Crippen molar-refractivity contribution in [2.45, 2.75) is 6.92 Å². The lowest BCUT2D eigenvalue weighted by atomic mass is 9.88. The second-order valence-electron chi connectivity index (χ2n) is 6.29. The lowest BCUT2D eigenvalue weighted by Gasteiger charge is -2.38. The number of nitrogens with one attached hydrogen (secondary N) is 1. The molecule has 0 unspecified atom stereocenters. The van der Waals surface area contributed by atoms with Gasteiger partial charge in [-0.25, -0.2) is 4.39 Å². The Morgan fingerprint density at radius 1 is 1.17 bits per heavy atom. The van der Waals surface area contributed by atoms with E-state index in [2.05, 4.69) is 24.1 Å². The van der Waals surface area contributed by atoms with Gasteiger partial charge in [0.1, 0.15) is 5.82 Å². The molecule has 1 heterocycles. The number of rotatable bonds is 3. The predicted octanol–water partition coefficient (Wildman–Crippen LogP) is 2.99. The van der Waals surface area contributed by atoms with Crippen LogP contribution in [0.5, 0.6) is 0 Å². The van der Waals surface area contributed by atoms with E-state index in [0.29, 0.717) is 30.9 Å². The van der Waals surface area contributed by atoms with Crippen molar-refractivity contribution in [1.29, 1.82) is 0 Å². The molecule has 24 heavy (non-hydrogen) atoms. The Morgan fingerprint density at radius 3 is 2.50 bits per heavy atom. The van der Waals surface area contributed by atoms with Crippen LogP contribution >= 0.6 is 0 Å². The van der Waals surface area contributed by atoms with Gasteiger partial charge in [-0.1, -0.05) is 30.9 Å². The van der Waals surface area contributed by atoms with E-state index in [4.69, 9.17) is 4.74 Å². The van der Waals surface area contributed by atoms with Crippen molar-refractivity contribution < 1.29 is 13.9 Å². The fourth-order valence-electron chi connectivity index (χ4n) is 2.36. The molecule has 1 aliphatic heterocycles. The molecule has 1 N–H and O–H groups in total. The molecule has 1 saturated heterocycles. The lowest BCUT2D eigenvalue weighted by Crippen LogP contribution is -2.48. The maximum Gasteiger partial charge on any atom is 0.251 e. The molecule has 3 nitrogen and oxygen atoms in total. The number of carbonyl (C=O) groups excluding carboxylic acids is 1. The van der Waals surface area contributed by atoms with Gasteiger partial charge in [-0.2, -0.15) is 0 Å². The van der Waals surface area contributed by atoms with Crippen LogP contribution in [0.3, 0.4) is 0 Å². The molecule has 1 fully saturated rings. The zero-order chi connectivity index (χ0) is 17.0. The highest BCUT2D eigenvalue weighted by Crippen LogP contribution is 2.25. The van der Waals surface area contributed by atoms with Crippen LogP contribution in [-0.4, -0.2) is 25.7 Å². The van der Waals surface area contributed by atoms with Crippen molar-refractivity contribution >= 4 is 5.91 Å². The number of carbonyl (C=O) groups is 1. The molecule has 0 atom stereocenters. The third-order valence-corrected chi connectivity index (χ3v) is 3.94. The van der Waals surface area contributed by atoms with Gasteiger partial charge in [0.15, 0.2) is 0 Å². The minimum atomic E-state index is -0.338. The molecule has 0 saturated carbocycles. The van der Waals surface area contributed by atoms with Gasteiger partial charge in [0.2, 0.25) is 0 Å². The van der Waals surface area contributed by atoms with Gasteiger partial charge in [-0.05, 0) is 36.4 Å². The van der Waals surface area contributed by atoms with E-state index in [0.717, 1.165) is 5.56 Å². The number of hydrogen-bond acceptors (Lipinski definition) is 2. The van der Waals surface area contributed by atoms with Crippen LogP contribution < -0.4 is 5.32 Å². The molecule has 0 aliphatic carbocycles. The van der Waals surface area contributed by atoms with E-state index in [1.165, 1.54) is 6.07 Å². The number of halogens is 1. The summed E-state index contributed by atoms with van der Waals surface area (Å²) >= 11 is 0. The second kappa shape index (κ2) is 6.86. The normalized spacial score (nSPS) is 14.9. The largest absolute Gasteiger partial charge is 0.380 e. The summed E-state index contributed by atoms with van der Waals surface area (Å²) in [6, 6.07) is 13.4. The van der Waals surface area contributed by atoms with Crippen LogP contribution in [0.1, 0.15) is 28.4 Å². The Balaban J connectivity index is 1.63. The first-order valence-corrected chi connectivity index (χ1v) is 7.78. The van der Waals surface area contributed by atoms with Gasteiger partial charge in [-0.3, -0.25) is 4.79 Å². The minimum Gasteiger partial charge on any atom is -0.380 e. The number of benzene rings is 2. The monoisotopic (exact) mass is 323 g/mol. The van der Waals surface area contributed by atoms with Crippen LogP contribution in [0, 0.1) is 23.1 Å². The van der Waals surface area contributed by atoms with Crippen molar-refractivity contribution in [3.63, 3.8) is 0 Å². The van der Waals surface area contributed by atoms with Crippen molar-refractivity contribution in [2.75, 3.05) is 19.8 Å². The van der Waals surface area contributed by atoms with Crippen molar-refractivity contribution in [2.24, 2.45) is 5.41 Å². The van der Waals surface area contributed by atoms with Gasteiger partial charge in [0, 0.05) is 23.1 Å². The summed E-state index contributed by atoms with van der Waals surface area (Å²) in [6.45, 7) is 4.04. The zero-order valence-electron chi connectivity index (χ0n) is 13.4. The summed E-state index contributed by atoms with van der Waals surface area (Å²) in [5, 5.41) is 2.92. The van der Waals surface area contributed by atoms with Crippen molar-refractivity contribution in [1.82, 2.24) is 5.32 Å². The van der Waals surface area contributed by atoms with Crippen LogP contribution in [0.15, 0.2) is 48.5 Å². The average Bonchev–Trinajstić information content (AvgIpc) is 2.58. The quantitative estimate of drug-likeness (QED) is 0.882. The molecule has 1 aliphatic rings. The zero-order valence-corrected chi connectivity index (χ0v) is 13.4. The molecular formula is C20H18FNO2. The minimum absolute atomic E-state index is 0.0425. The van der Waals surface area contributed by atoms with Crippen molar-refractivity contribution in [3.05, 3.63) is 71.0 Å². The second-order valence-corrected chi connectivity index (χ2v) is 6.29. The maximum atomic E-state index is 13.5. The highest BCUT2D eigenvalue weighted by atomic mass is 19.1. The molecule has 0 spiro atoms. The van der Waals surface area contributed by atoms with E-state index < -0.39 is 0 Å². The molecule has 1 amide bonds. The molecule has 0 bridgehead atoms. The summed E-state index contributed by atoms with van der Waals surface area (Å²) in [5.41, 5.74) is 1.71. The van der Waals surface area contributed by atoms with Gasteiger partial charge in [0.25, 0.3) is 5.91 Å². The standard InChI is InChI=1S/C20H18FNO2/c1-20(13-24-14-20)12-22-19(23)17-10-7-15(8-11-17)6-9-16-4-2-3-5-18(16)21/h2-5,7-8,10-11H,12-14H2,1H3,(H,22,23). The van der Waals surface area contributed by atoms with Crippen LogP contribution in [0.2, 0.25) is 0 Å². The third-order valence-electron chi connectivity index (χ3n) is 3.94. The van der Waals surface area contributed by atoms with E-state index in [1.54, 1.807) is 42.5 Å². The highest BCUT2D eigenvalue weighted by Gasteiger charge is 2.33. The summed E-state index contributed by atoms with van der Waals surface area (Å²) < 4.78 is 18.7. The number of hydrogen-bond donors (Lipinski definition) is 1. The molecule has 4 heteroatoms. The highest BCUT2D eigenvalue weighted by molar-refractivity contribution is 5.94. The number of amides is 1. The average molecular weight is 323 g/mol. The summed E-state index contributed by atoms with van der Waals surface area (Å²) in [6.07, 6.45) is 0. The van der Waals surface area contributed by atoms with Gasteiger partial charge >= 0.3 is 0 Å².